The average molecular weight is 334 g/mol. The van der Waals surface area contributed by atoms with E-state index in [0.29, 0.717) is 6.04 Å². The Morgan fingerprint density at radius 3 is 2.62 bits per heavy atom. The molecule has 0 aromatic heterocycles. The minimum absolute atomic E-state index is 0.0649. The number of methoxy groups -OCH3 is 1. The third kappa shape index (κ3) is 5.41. The summed E-state index contributed by atoms with van der Waals surface area (Å²) in [6, 6.07) is 6.50. The lowest BCUT2D eigenvalue weighted by atomic mass is 10.0. The molecule has 5 heteroatoms. The van der Waals surface area contributed by atoms with Crippen LogP contribution in [0.15, 0.2) is 18.2 Å². The number of nitrogens with one attached hydrogen (secondary N) is 1. The van der Waals surface area contributed by atoms with Gasteiger partial charge in [0, 0.05) is 32.6 Å². The second-order valence-electron chi connectivity index (χ2n) is 6.57. The van der Waals surface area contributed by atoms with Crippen LogP contribution in [0.2, 0.25) is 0 Å². The maximum Gasteiger partial charge on any atom is 0.217 e. The van der Waals surface area contributed by atoms with Gasteiger partial charge in [-0.1, -0.05) is 13.0 Å². The highest BCUT2D eigenvalue weighted by molar-refractivity contribution is 5.73. The first-order valence-electron chi connectivity index (χ1n) is 8.84. The Kier molecular flexibility index (Phi) is 6.91. The van der Waals surface area contributed by atoms with Gasteiger partial charge in [0.05, 0.1) is 13.2 Å². The molecule has 1 amide bonds. The standard InChI is InChI=1S/C19H30N2O3/c1-5-14(2)24-18-7-6-16(12-19(18)23-4)13-21-10-8-17(9-11-21)20-15(3)22/h6-7,12,14,17H,5,8-11,13H2,1-4H3,(H,20,22)/t14-/m1/s1. The van der Waals surface area contributed by atoms with Gasteiger partial charge in [-0.3, -0.25) is 9.69 Å². The molecule has 0 bridgehead atoms. The van der Waals surface area contributed by atoms with E-state index in [4.69, 9.17) is 9.47 Å². The topological polar surface area (TPSA) is 50.8 Å². The molecular formula is C19H30N2O3. The summed E-state index contributed by atoms with van der Waals surface area (Å²) in [4.78, 5) is 13.6. The molecular weight excluding hydrogens is 304 g/mol. The number of amides is 1. The molecule has 0 saturated carbocycles. The maximum atomic E-state index is 11.1. The lowest BCUT2D eigenvalue weighted by Gasteiger charge is -2.32. The number of hydrogen-bond acceptors (Lipinski definition) is 4. The Morgan fingerprint density at radius 2 is 2.04 bits per heavy atom. The summed E-state index contributed by atoms with van der Waals surface area (Å²) >= 11 is 0. The van der Waals surface area contributed by atoms with E-state index >= 15 is 0 Å². The van der Waals surface area contributed by atoms with E-state index in [-0.39, 0.29) is 12.0 Å². The van der Waals surface area contributed by atoms with Crippen molar-refractivity contribution in [3.8, 4) is 11.5 Å². The average Bonchev–Trinajstić information content (AvgIpc) is 2.57. The van der Waals surface area contributed by atoms with Crippen LogP contribution in [0.1, 0.15) is 45.6 Å². The zero-order valence-corrected chi connectivity index (χ0v) is 15.3. The van der Waals surface area contributed by atoms with Gasteiger partial charge >= 0.3 is 0 Å². The lowest BCUT2D eigenvalue weighted by molar-refractivity contribution is -0.119. The Labute approximate surface area is 145 Å². The summed E-state index contributed by atoms with van der Waals surface area (Å²) < 4.78 is 11.4. The minimum atomic E-state index is 0.0649. The molecule has 1 aromatic rings. The zero-order chi connectivity index (χ0) is 17.5. The van der Waals surface area contributed by atoms with Crippen molar-refractivity contribution in [2.75, 3.05) is 20.2 Å². The zero-order valence-electron chi connectivity index (χ0n) is 15.3. The monoisotopic (exact) mass is 334 g/mol. The van der Waals surface area contributed by atoms with Crippen LogP contribution in [0, 0.1) is 0 Å². The molecule has 0 radical (unpaired) electrons. The van der Waals surface area contributed by atoms with Gasteiger partial charge in [0.15, 0.2) is 11.5 Å². The fourth-order valence-corrected chi connectivity index (χ4v) is 2.99. The summed E-state index contributed by atoms with van der Waals surface area (Å²) in [5.41, 5.74) is 1.22. The summed E-state index contributed by atoms with van der Waals surface area (Å²) in [5, 5.41) is 3.01. The van der Waals surface area contributed by atoms with Crippen LogP contribution in [-0.4, -0.2) is 43.2 Å². The van der Waals surface area contributed by atoms with Crippen LogP contribution in [0.5, 0.6) is 11.5 Å². The highest BCUT2D eigenvalue weighted by atomic mass is 16.5. The number of piperidine rings is 1. The Balaban J connectivity index is 1.92. The number of carbonyl (C=O) groups excluding carboxylic acids is 1. The number of rotatable bonds is 7. The molecule has 24 heavy (non-hydrogen) atoms. The van der Waals surface area contributed by atoms with E-state index in [9.17, 15) is 4.79 Å². The van der Waals surface area contributed by atoms with Crippen molar-refractivity contribution in [1.82, 2.24) is 10.2 Å². The van der Waals surface area contributed by atoms with Crippen LogP contribution in [0.3, 0.4) is 0 Å². The third-order valence-corrected chi connectivity index (χ3v) is 4.53. The van der Waals surface area contributed by atoms with E-state index in [2.05, 4.69) is 36.2 Å². The van der Waals surface area contributed by atoms with Crippen molar-refractivity contribution >= 4 is 5.91 Å². The molecule has 1 aliphatic rings. The van der Waals surface area contributed by atoms with Crippen LogP contribution < -0.4 is 14.8 Å². The molecule has 1 heterocycles. The first-order valence-corrected chi connectivity index (χ1v) is 8.84. The summed E-state index contributed by atoms with van der Waals surface area (Å²) in [6.07, 6.45) is 3.16. The van der Waals surface area contributed by atoms with Crippen molar-refractivity contribution < 1.29 is 14.3 Å². The van der Waals surface area contributed by atoms with Gasteiger partial charge in [-0.25, -0.2) is 0 Å². The predicted molar refractivity (Wildman–Crippen MR) is 95.5 cm³/mol. The Bertz CT molecular complexity index is 539. The van der Waals surface area contributed by atoms with Crippen LogP contribution >= 0.6 is 0 Å². The van der Waals surface area contributed by atoms with Gasteiger partial charge in [-0.2, -0.15) is 0 Å². The quantitative estimate of drug-likeness (QED) is 0.833. The molecule has 1 N–H and O–H groups in total. The van der Waals surface area contributed by atoms with Crippen molar-refractivity contribution in [2.24, 2.45) is 0 Å². The number of nitrogens with zero attached hydrogens (tertiary/aromatic N) is 1. The maximum absolute atomic E-state index is 11.1. The molecule has 1 fully saturated rings. The smallest absolute Gasteiger partial charge is 0.217 e. The fourth-order valence-electron chi connectivity index (χ4n) is 2.99. The van der Waals surface area contributed by atoms with Crippen LogP contribution in [0.25, 0.3) is 0 Å². The predicted octanol–water partition coefficient (Wildman–Crippen LogP) is 2.97. The molecule has 5 nitrogen and oxygen atoms in total. The first kappa shape index (κ1) is 18.6. The van der Waals surface area contributed by atoms with Crippen LogP contribution in [-0.2, 0) is 11.3 Å². The van der Waals surface area contributed by atoms with Crippen molar-refractivity contribution in [2.45, 2.75) is 58.7 Å². The fraction of sp³-hybridized carbons (Fsp3) is 0.632. The van der Waals surface area contributed by atoms with Gasteiger partial charge in [-0.05, 0) is 43.9 Å². The second kappa shape index (κ2) is 8.92. The molecule has 1 saturated heterocycles. The van der Waals surface area contributed by atoms with E-state index in [0.717, 1.165) is 50.4 Å². The van der Waals surface area contributed by atoms with E-state index in [1.165, 1.54) is 5.56 Å². The molecule has 1 aromatic carbocycles. The molecule has 134 valence electrons. The van der Waals surface area contributed by atoms with Gasteiger partial charge < -0.3 is 14.8 Å². The van der Waals surface area contributed by atoms with Crippen LogP contribution in [0.4, 0.5) is 0 Å². The van der Waals surface area contributed by atoms with E-state index in [1.807, 2.05) is 6.07 Å². The van der Waals surface area contributed by atoms with Crippen molar-refractivity contribution in [3.63, 3.8) is 0 Å². The number of hydrogen-bond donors (Lipinski definition) is 1. The van der Waals surface area contributed by atoms with E-state index < -0.39 is 0 Å². The van der Waals surface area contributed by atoms with Crippen molar-refractivity contribution in [3.05, 3.63) is 23.8 Å². The highest BCUT2D eigenvalue weighted by Gasteiger charge is 2.20. The largest absolute Gasteiger partial charge is 0.493 e. The SMILES string of the molecule is CC[C@@H](C)Oc1ccc(CN2CCC(NC(C)=O)CC2)cc1OC. The molecule has 0 spiro atoms. The normalized spacial score (nSPS) is 17.3. The lowest BCUT2D eigenvalue weighted by Crippen LogP contribution is -2.43. The van der Waals surface area contributed by atoms with Gasteiger partial charge in [-0.15, -0.1) is 0 Å². The molecule has 1 atom stereocenters. The number of likely N-dealkylation sites (tertiary alicyclic amines) is 1. The molecule has 0 unspecified atom stereocenters. The third-order valence-electron chi connectivity index (χ3n) is 4.53. The minimum Gasteiger partial charge on any atom is -0.493 e. The molecule has 2 rings (SSSR count). The summed E-state index contributed by atoms with van der Waals surface area (Å²) in [5.74, 6) is 1.66. The first-order chi connectivity index (χ1) is 11.5. The highest BCUT2D eigenvalue weighted by Crippen LogP contribution is 2.30. The number of benzene rings is 1. The van der Waals surface area contributed by atoms with Gasteiger partial charge in [0.1, 0.15) is 0 Å². The molecule has 0 aliphatic carbocycles. The van der Waals surface area contributed by atoms with Gasteiger partial charge in [0.25, 0.3) is 0 Å². The second-order valence-corrected chi connectivity index (χ2v) is 6.57. The Morgan fingerprint density at radius 1 is 1.33 bits per heavy atom. The summed E-state index contributed by atoms with van der Waals surface area (Å²) in [7, 11) is 1.68. The molecule has 1 aliphatic heterocycles. The number of ether oxygens (including phenoxy) is 2. The van der Waals surface area contributed by atoms with Crippen molar-refractivity contribution in [1.29, 1.82) is 0 Å². The van der Waals surface area contributed by atoms with Gasteiger partial charge in [0.2, 0.25) is 5.91 Å². The summed E-state index contributed by atoms with van der Waals surface area (Å²) in [6.45, 7) is 8.65. The Hall–Kier alpha value is -1.75. The van der Waals surface area contributed by atoms with E-state index in [1.54, 1.807) is 14.0 Å². The number of carbonyl (C=O) groups is 1.